The van der Waals surface area contributed by atoms with Crippen molar-refractivity contribution in [1.29, 1.82) is 0 Å². The lowest BCUT2D eigenvalue weighted by molar-refractivity contribution is -0.121. The first-order chi connectivity index (χ1) is 16.5. The predicted molar refractivity (Wildman–Crippen MR) is 137 cm³/mol. The molecule has 1 aliphatic rings. The Morgan fingerprint density at radius 1 is 0.971 bits per heavy atom. The first kappa shape index (κ1) is 24.3. The highest BCUT2D eigenvalue weighted by atomic mass is 35.5. The fourth-order valence-corrected chi connectivity index (χ4v) is 4.67. The molecule has 1 unspecified atom stereocenters. The highest BCUT2D eigenvalue weighted by Crippen LogP contribution is 2.26. The van der Waals surface area contributed by atoms with Crippen LogP contribution in [0.5, 0.6) is 0 Å². The Balaban J connectivity index is 1.38. The highest BCUT2D eigenvalue weighted by Gasteiger charge is 2.27. The molecule has 3 aromatic carbocycles. The molecule has 2 N–H and O–H groups in total. The van der Waals surface area contributed by atoms with Gasteiger partial charge in [0.25, 0.3) is 5.91 Å². The topological polar surface area (TPSA) is 61.4 Å². The van der Waals surface area contributed by atoms with E-state index in [4.69, 9.17) is 23.2 Å². The molecule has 0 radical (unpaired) electrons. The van der Waals surface area contributed by atoms with Crippen LogP contribution in [-0.4, -0.2) is 29.8 Å². The second-order valence-corrected chi connectivity index (χ2v) is 9.36. The molecule has 1 fully saturated rings. The van der Waals surface area contributed by atoms with Crippen LogP contribution in [-0.2, 0) is 17.9 Å². The van der Waals surface area contributed by atoms with Gasteiger partial charge in [-0.15, -0.1) is 0 Å². The summed E-state index contributed by atoms with van der Waals surface area (Å²) in [5.74, 6) is -0.460. The van der Waals surface area contributed by atoms with Gasteiger partial charge >= 0.3 is 0 Å². The summed E-state index contributed by atoms with van der Waals surface area (Å²) >= 11 is 12.3. The Hall–Kier alpha value is -2.86. The molecule has 1 saturated heterocycles. The van der Waals surface area contributed by atoms with Gasteiger partial charge in [0.1, 0.15) is 0 Å². The summed E-state index contributed by atoms with van der Waals surface area (Å²) in [5, 5.41) is 7.17. The number of benzene rings is 3. The van der Waals surface area contributed by atoms with E-state index in [1.54, 1.807) is 24.3 Å². The van der Waals surface area contributed by atoms with Crippen molar-refractivity contribution in [1.82, 2.24) is 10.2 Å². The molecule has 7 heteroatoms. The lowest BCUT2D eigenvalue weighted by Gasteiger charge is -2.32. The number of para-hydroxylation sites is 1. The Morgan fingerprint density at radius 3 is 2.53 bits per heavy atom. The molecule has 0 aliphatic carbocycles. The van der Waals surface area contributed by atoms with Crippen molar-refractivity contribution < 1.29 is 9.59 Å². The second-order valence-electron chi connectivity index (χ2n) is 8.51. The Labute approximate surface area is 210 Å². The normalized spacial score (nSPS) is 16.1. The maximum atomic E-state index is 13.1. The molecule has 0 spiro atoms. The third-order valence-electron chi connectivity index (χ3n) is 6.01. The number of anilines is 1. The lowest BCUT2D eigenvalue weighted by atomic mass is 9.96. The van der Waals surface area contributed by atoms with Gasteiger partial charge in [-0.25, -0.2) is 0 Å². The van der Waals surface area contributed by atoms with E-state index in [1.807, 2.05) is 48.5 Å². The third kappa shape index (κ3) is 6.38. The zero-order valence-corrected chi connectivity index (χ0v) is 20.3. The number of nitrogens with one attached hydrogen (secondary N) is 2. The molecule has 1 aliphatic heterocycles. The maximum absolute atomic E-state index is 13.1. The van der Waals surface area contributed by atoms with Crippen LogP contribution in [0.2, 0.25) is 10.0 Å². The molecular formula is C27H27Cl2N3O2. The molecule has 34 heavy (non-hydrogen) atoms. The number of hydrogen-bond donors (Lipinski definition) is 2. The molecule has 5 nitrogen and oxygen atoms in total. The number of carbonyl (C=O) groups is 2. The number of rotatable bonds is 7. The van der Waals surface area contributed by atoms with Gasteiger partial charge < -0.3 is 10.6 Å². The molecule has 0 saturated carbocycles. The summed E-state index contributed by atoms with van der Waals surface area (Å²) < 4.78 is 0. The average Bonchev–Trinajstić information content (AvgIpc) is 2.85. The van der Waals surface area contributed by atoms with E-state index in [0.29, 0.717) is 40.9 Å². The Bertz CT molecular complexity index is 1150. The molecular weight excluding hydrogens is 469 g/mol. The molecule has 0 bridgehead atoms. The van der Waals surface area contributed by atoms with Gasteiger partial charge in [0, 0.05) is 29.7 Å². The molecule has 0 aromatic heterocycles. The largest absolute Gasteiger partial charge is 0.348 e. The summed E-state index contributed by atoms with van der Waals surface area (Å²) in [5.41, 5.74) is 2.98. The number of nitrogens with zero attached hydrogens (tertiary/aromatic N) is 1. The zero-order chi connectivity index (χ0) is 23.9. The second kappa shape index (κ2) is 11.5. The molecule has 3 aromatic rings. The van der Waals surface area contributed by atoms with Gasteiger partial charge in [-0.05, 0) is 54.8 Å². The maximum Gasteiger partial charge on any atom is 0.253 e. The van der Waals surface area contributed by atoms with Gasteiger partial charge in [0.05, 0.1) is 17.2 Å². The molecule has 1 atom stereocenters. The van der Waals surface area contributed by atoms with Gasteiger partial charge in [-0.3, -0.25) is 14.5 Å². The minimum atomic E-state index is -0.220. The zero-order valence-electron chi connectivity index (χ0n) is 18.8. The summed E-state index contributed by atoms with van der Waals surface area (Å²) in [7, 11) is 0. The van der Waals surface area contributed by atoms with Gasteiger partial charge in [0.2, 0.25) is 5.91 Å². The van der Waals surface area contributed by atoms with E-state index in [9.17, 15) is 9.59 Å². The minimum absolute atomic E-state index is 0.0739. The van der Waals surface area contributed by atoms with Crippen LogP contribution in [0.25, 0.3) is 0 Å². The average molecular weight is 496 g/mol. The van der Waals surface area contributed by atoms with Crippen LogP contribution in [0, 0.1) is 5.92 Å². The third-order valence-corrected chi connectivity index (χ3v) is 6.60. The van der Waals surface area contributed by atoms with Crippen molar-refractivity contribution in [3.8, 4) is 0 Å². The smallest absolute Gasteiger partial charge is 0.253 e. The number of likely N-dealkylation sites (tertiary alicyclic amines) is 1. The van der Waals surface area contributed by atoms with E-state index >= 15 is 0 Å². The lowest BCUT2D eigenvalue weighted by Crippen LogP contribution is -2.40. The van der Waals surface area contributed by atoms with Crippen LogP contribution in [0.3, 0.4) is 0 Å². The fourth-order valence-electron chi connectivity index (χ4n) is 4.20. The van der Waals surface area contributed by atoms with E-state index in [-0.39, 0.29) is 17.7 Å². The quantitative estimate of drug-likeness (QED) is 0.436. The van der Waals surface area contributed by atoms with Crippen LogP contribution in [0.4, 0.5) is 5.69 Å². The first-order valence-corrected chi connectivity index (χ1v) is 12.1. The Morgan fingerprint density at radius 2 is 1.74 bits per heavy atom. The molecule has 1 heterocycles. The van der Waals surface area contributed by atoms with Crippen LogP contribution >= 0.6 is 23.2 Å². The van der Waals surface area contributed by atoms with Crippen molar-refractivity contribution in [3.63, 3.8) is 0 Å². The SMILES string of the molecule is O=C(NCc1ccccc1)c1ccccc1NC(=O)C1CCCN(Cc2ccc(Cl)cc2Cl)C1. The number of hydrogen-bond acceptors (Lipinski definition) is 3. The summed E-state index contributed by atoms with van der Waals surface area (Å²) in [6.07, 6.45) is 1.72. The van der Waals surface area contributed by atoms with Crippen LogP contribution in [0.1, 0.15) is 34.3 Å². The predicted octanol–water partition coefficient (Wildman–Crippen LogP) is 5.77. The molecule has 176 valence electrons. The van der Waals surface area contributed by atoms with Crippen LogP contribution in [0.15, 0.2) is 72.8 Å². The van der Waals surface area contributed by atoms with Gasteiger partial charge in [-0.2, -0.15) is 0 Å². The van der Waals surface area contributed by atoms with Gasteiger partial charge in [0.15, 0.2) is 0 Å². The van der Waals surface area contributed by atoms with Crippen molar-refractivity contribution in [2.45, 2.75) is 25.9 Å². The van der Waals surface area contributed by atoms with Crippen LogP contribution < -0.4 is 10.6 Å². The Kier molecular flexibility index (Phi) is 8.22. The monoisotopic (exact) mass is 495 g/mol. The van der Waals surface area contributed by atoms with Crippen molar-refractivity contribution in [2.24, 2.45) is 5.92 Å². The number of halogens is 2. The number of amides is 2. The van der Waals surface area contributed by atoms with E-state index in [0.717, 1.165) is 30.5 Å². The molecule has 2 amide bonds. The van der Waals surface area contributed by atoms with E-state index in [2.05, 4.69) is 15.5 Å². The first-order valence-electron chi connectivity index (χ1n) is 11.4. The number of carbonyl (C=O) groups excluding carboxylic acids is 2. The standard InChI is InChI=1S/C27H27Cl2N3O2/c28-22-13-12-20(24(29)15-22)17-32-14-6-9-21(18-32)26(33)31-25-11-5-4-10-23(25)27(34)30-16-19-7-2-1-3-8-19/h1-5,7-8,10-13,15,21H,6,9,14,16-18H2,(H,30,34)(H,31,33). The molecule has 4 rings (SSSR count). The van der Waals surface area contributed by atoms with E-state index in [1.165, 1.54) is 0 Å². The van der Waals surface area contributed by atoms with E-state index < -0.39 is 0 Å². The van der Waals surface area contributed by atoms with Gasteiger partial charge in [-0.1, -0.05) is 71.7 Å². The summed E-state index contributed by atoms with van der Waals surface area (Å²) in [4.78, 5) is 28.2. The minimum Gasteiger partial charge on any atom is -0.348 e. The van der Waals surface area contributed by atoms with Crippen molar-refractivity contribution in [2.75, 3.05) is 18.4 Å². The highest BCUT2D eigenvalue weighted by molar-refractivity contribution is 6.35. The summed E-state index contributed by atoms with van der Waals surface area (Å²) in [6.45, 7) is 2.62. The fraction of sp³-hybridized carbons (Fsp3) is 0.259. The number of piperidine rings is 1. The van der Waals surface area contributed by atoms with Crippen molar-refractivity contribution in [3.05, 3.63) is 99.5 Å². The summed E-state index contributed by atoms with van der Waals surface area (Å²) in [6, 6.07) is 22.3. The van der Waals surface area contributed by atoms with Crippen molar-refractivity contribution >= 4 is 40.7 Å².